The summed E-state index contributed by atoms with van der Waals surface area (Å²) in [5.74, 6) is -0.193. The van der Waals surface area contributed by atoms with Gasteiger partial charge in [0, 0.05) is 19.1 Å². The van der Waals surface area contributed by atoms with E-state index in [1.807, 2.05) is 13.8 Å². The van der Waals surface area contributed by atoms with Crippen molar-refractivity contribution in [2.45, 2.75) is 59.4 Å². The highest BCUT2D eigenvalue weighted by Gasteiger charge is 2.15. The van der Waals surface area contributed by atoms with Gasteiger partial charge in [-0.1, -0.05) is 26.7 Å². The minimum atomic E-state index is -0.878. The largest absolute Gasteiger partial charge is 0.481 e. The summed E-state index contributed by atoms with van der Waals surface area (Å²) < 4.78 is 0. The highest BCUT2D eigenvalue weighted by molar-refractivity contribution is 5.75. The van der Waals surface area contributed by atoms with E-state index >= 15 is 0 Å². The minimum Gasteiger partial charge on any atom is -0.481 e. The van der Waals surface area contributed by atoms with E-state index in [-0.39, 0.29) is 25.0 Å². The van der Waals surface area contributed by atoms with Crippen LogP contribution in [0.1, 0.15) is 53.4 Å². The van der Waals surface area contributed by atoms with Gasteiger partial charge >= 0.3 is 12.0 Å². The summed E-state index contributed by atoms with van der Waals surface area (Å²) in [5.41, 5.74) is 0. The average molecular weight is 272 g/mol. The standard InChI is InChI=1S/C14H28N2O3/c1-5-16(10-9-13(17)18)14(19)15-12(4)8-6-7-11(2)3/h11-12H,5-10H2,1-4H3,(H,15,19)(H,17,18). The Morgan fingerprint density at radius 2 is 1.84 bits per heavy atom. The summed E-state index contributed by atoms with van der Waals surface area (Å²) in [6, 6.07) is -0.0362. The molecule has 0 heterocycles. The lowest BCUT2D eigenvalue weighted by Gasteiger charge is -2.23. The van der Waals surface area contributed by atoms with Crippen LogP contribution < -0.4 is 5.32 Å². The zero-order valence-electron chi connectivity index (χ0n) is 12.6. The van der Waals surface area contributed by atoms with E-state index in [2.05, 4.69) is 19.2 Å². The van der Waals surface area contributed by atoms with Gasteiger partial charge in [-0.15, -0.1) is 0 Å². The van der Waals surface area contributed by atoms with Crippen molar-refractivity contribution in [2.24, 2.45) is 5.92 Å². The van der Waals surface area contributed by atoms with E-state index < -0.39 is 5.97 Å². The number of aliphatic carboxylic acids is 1. The molecule has 5 nitrogen and oxygen atoms in total. The SMILES string of the molecule is CCN(CCC(=O)O)C(=O)NC(C)CCCC(C)C. The van der Waals surface area contributed by atoms with Gasteiger partial charge in [-0.25, -0.2) is 4.79 Å². The zero-order chi connectivity index (χ0) is 14.8. The summed E-state index contributed by atoms with van der Waals surface area (Å²) in [5, 5.41) is 11.6. The molecule has 2 amide bonds. The fraction of sp³-hybridized carbons (Fsp3) is 0.857. The Labute approximate surface area is 116 Å². The summed E-state index contributed by atoms with van der Waals surface area (Å²) in [6.45, 7) is 9.00. The summed E-state index contributed by atoms with van der Waals surface area (Å²) in [7, 11) is 0. The topological polar surface area (TPSA) is 69.6 Å². The molecule has 0 bridgehead atoms. The van der Waals surface area contributed by atoms with Gasteiger partial charge < -0.3 is 15.3 Å². The van der Waals surface area contributed by atoms with Crippen molar-refractivity contribution in [3.63, 3.8) is 0 Å². The molecule has 1 unspecified atom stereocenters. The first-order chi connectivity index (χ1) is 8.86. The van der Waals surface area contributed by atoms with Crippen molar-refractivity contribution >= 4 is 12.0 Å². The second-order valence-corrected chi connectivity index (χ2v) is 5.40. The van der Waals surface area contributed by atoms with Crippen molar-refractivity contribution in [3.8, 4) is 0 Å². The molecule has 0 saturated heterocycles. The first-order valence-corrected chi connectivity index (χ1v) is 7.14. The van der Waals surface area contributed by atoms with Gasteiger partial charge in [0.05, 0.1) is 6.42 Å². The van der Waals surface area contributed by atoms with Crippen LogP contribution in [0.15, 0.2) is 0 Å². The predicted octanol–water partition coefficient (Wildman–Crippen LogP) is 2.71. The first-order valence-electron chi connectivity index (χ1n) is 7.14. The maximum atomic E-state index is 11.9. The Balaban J connectivity index is 3.99. The van der Waals surface area contributed by atoms with Crippen molar-refractivity contribution in [2.75, 3.05) is 13.1 Å². The molecule has 0 aliphatic heterocycles. The number of carbonyl (C=O) groups excluding carboxylic acids is 1. The number of amides is 2. The number of rotatable bonds is 9. The third-order valence-corrected chi connectivity index (χ3v) is 3.05. The summed E-state index contributed by atoms with van der Waals surface area (Å²) in [6.07, 6.45) is 3.21. The Morgan fingerprint density at radius 1 is 1.21 bits per heavy atom. The molecule has 0 aliphatic carbocycles. The lowest BCUT2D eigenvalue weighted by atomic mass is 10.0. The predicted molar refractivity (Wildman–Crippen MR) is 76.2 cm³/mol. The number of carboxylic acid groups (broad SMARTS) is 1. The van der Waals surface area contributed by atoms with Crippen LogP contribution in [0.4, 0.5) is 4.79 Å². The van der Waals surface area contributed by atoms with E-state index in [1.165, 1.54) is 4.90 Å². The van der Waals surface area contributed by atoms with Gasteiger partial charge in [-0.05, 0) is 26.2 Å². The van der Waals surface area contributed by atoms with Crippen LogP contribution in [0.3, 0.4) is 0 Å². The van der Waals surface area contributed by atoms with E-state index in [0.29, 0.717) is 12.5 Å². The van der Waals surface area contributed by atoms with E-state index in [9.17, 15) is 9.59 Å². The summed E-state index contributed by atoms with van der Waals surface area (Å²) >= 11 is 0. The third kappa shape index (κ3) is 9.33. The molecule has 0 aliphatic rings. The fourth-order valence-corrected chi connectivity index (χ4v) is 1.84. The van der Waals surface area contributed by atoms with Crippen LogP contribution in [0.5, 0.6) is 0 Å². The lowest BCUT2D eigenvalue weighted by molar-refractivity contribution is -0.137. The van der Waals surface area contributed by atoms with E-state index in [0.717, 1.165) is 19.3 Å². The minimum absolute atomic E-state index is 0.0109. The number of hydrogen-bond acceptors (Lipinski definition) is 2. The molecule has 5 heteroatoms. The van der Waals surface area contributed by atoms with Crippen molar-refractivity contribution < 1.29 is 14.7 Å². The molecule has 19 heavy (non-hydrogen) atoms. The molecule has 0 radical (unpaired) electrons. The molecule has 0 rings (SSSR count). The normalized spacial score (nSPS) is 12.3. The second-order valence-electron chi connectivity index (χ2n) is 5.40. The van der Waals surface area contributed by atoms with Crippen LogP contribution in [-0.4, -0.2) is 41.1 Å². The molecule has 0 saturated carbocycles. The monoisotopic (exact) mass is 272 g/mol. The number of nitrogens with zero attached hydrogens (tertiary/aromatic N) is 1. The maximum Gasteiger partial charge on any atom is 0.317 e. The Kier molecular flexibility index (Phi) is 9.00. The van der Waals surface area contributed by atoms with Gasteiger partial charge in [0.1, 0.15) is 0 Å². The van der Waals surface area contributed by atoms with Crippen molar-refractivity contribution in [3.05, 3.63) is 0 Å². The number of carbonyl (C=O) groups is 2. The van der Waals surface area contributed by atoms with Crippen molar-refractivity contribution in [1.29, 1.82) is 0 Å². The molecule has 1 atom stereocenters. The third-order valence-electron chi connectivity index (χ3n) is 3.05. The fourth-order valence-electron chi connectivity index (χ4n) is 1.84. The molecule has 0 spiro atoms. The van der Waals surface area contributed by atoms with Gasteiger partial charge in [-0.3, -0.25) is 4.79 Å². The van der Waals surface area contributed by atoms with Gasteiger partial charge in [0.15, 0.2) is 0 Å². The zero-order valence-corrected chi connectivity index (χ0v) is 12.6. The molecule has 0 aromatic carbocycles. The molecule has 0 fully saturated rings. The quantitative estimate of drug-likeness (QED) is 0.678. The van der Waals surface area contributed by atoms with Crippen LogP contribution in [-0.2, 0) is 4.79 Å². The maximum absolute atomic E-state index is 11.9. The number of nitrogens with one attached hydrogen (secondary N) is 1. The number of carboxylic acids is 1. The highest BCUT2D eigenvalue weighted by Crippen LogP contribution is 2.08. The van der Waals surface area contributed by atoms with Gasteiger partial charge in [0.25, 0.3) is 0 Å². The van der Waals surface area contributed by atoms with Gasteiger partial charge in [-0.2, -0.15) is 0 Å². The molecule has 2 N–H and O–H groups in total. The Morgan fingerprint density at radius 3 is 2.32 bits per heavy atom. The Bertz CT molecular complexity index is 280. The second kappa shape index (κ2) is 9.64. The molecular weight excluding hydrogens is 244 g/mol. The Hall–Kier alpha value is -1.26. The molecular formula is C14H28N2O3. The van der Waals surface area contributed by atoms with E-state index in [4.69, 9.17) is 5.11 Å². The van der Waals surface area contributed by atoms with E-state index in [1.54, 1.807) is 0 Å². The molecule has 112 valence electrons. The van der Waals surface area contributed by atoms with Crippen LogP contribution >= 0.6 is 0 Å². The lowest BCUT2D eigenvalue weighted by Crippen LogP contribution is -2.44. The first kappa shape index (κ1) is 17.7. The molecule has 0 aromatic rings. The number of urea groups is 1. The smallest absolute Gasteiger partial charge is 0.317 e. The summed E-state index contributed by atoms with van der Waals surface area (Å²) in [4.78, 5) is 24.0. The molecule has 0 aromatic heterocycles. The average Bonchev–Trinajstić information content (AvgIpc) is 2.28. The van der Waals surface area contributed by atoms with Gasteiger partial charge in [0.2, 0.25) is 0 Å². The van der Waals surface area contributed by atoms with Crippen LogP contribution in [0.25, 0.3) is 0 Å². The highest BCUT2D eigenvalue weighted by atomic mass is 16.4. The van der Waals surface area contributed by atoms with Crippen molar-refractivity contribution in [1.82, 2.24) is 10.2 Å². The number of hydrogen-bond donors (Lipinski definition) is 2. The van der Waals surface area contributed by atoms with Crippen LogP contribution in [0, 0.1) is 5.92 Å². The van der Waals surface area contributed by atoms with Crippen LogP contribution in [0.2, 0.25) is 0 Å².